The van der Waals surface area contributed by atoms with Crippen LogP contribution < -0.4 is 9.80 Å². The normalized spacial score (nSPS) is 16.4. The molecule has 5 nitrogen and oxygen atoms in total. The third-order valence-electron chi connectivity index (χ3n) is 5.75. The predicted octanol–water partition coefficient (Wildman–Crippen LogP) is 4.98. The average Bonchev–Trinajstić information content (AvgIpc) is 2.74. The molecule has 0 atom stereocenters. The Hall–Kier alpha value is -1.89. The molecule has 2 aliphatic heterocycles. The van der Waals surface area contributed by atoms with E-state index in [1.807, 2.05) is 6.07 Å². The number of carbonyl (C=O) groups is 1. The second kappa shape index (κ2) is 11.1. The fourth-order valence-electron chi connectivity index (χ4n) is 4.10. The van der Waals surface area contributed by atoms with E-state index < -0.39 is 5.82 Å². The summed E-state index contributed by atoms with van der Waals surface area (Å²) in [5.74, 6) is -0.395. The van der Waals surface area contributed by atoms with Gasteiger partial charge in [0.25, 0.3) is 5.91 Å². The Labute approximate surface area is 199 Å². The molecule has 0 bridgehead atoms. The number of hydrogen-bond donors (Lipinski definition) is 1. The number of hydrogen-bond acceptors (Lipinski definition) is 4. The smallest absolute Gasteiger partial charge is 0.255 e. The molecule has 2 fully saturated rings. The molecule has 9 heteroatoms. The summed E-state index contributed by atoms with van der Waals surface area (Å²) in [5.41, 5.74) is 2.26. The molecule has 4 rings (SSSR count). The first kappa shape index (κ1) is 25.4. The number of piperidine rings is 1. The number of benzene rings is 2. The summed E-state index contributed by atoms with van der Waals surface area (Å²) in [6.45, 7) is 4.35. The number of halogens is 4. The maximum atomic E-state index is 13.3. The number of rotatable bonds is 3. The van der Waals surface area contributed by atoms with E-state index >= 15 is 0 Å². The van der Waals surface area contributed by atoms with Crippen LogP contribution in [0.25, 0.3) is 0 Å². The zero-order chi connectivity index (χ0) is 20.4. The summed E-state index contributed by atoms with van der Waals surface area (Å²) in [6, 6.07) is 9.62. The second-order valence-corrected chi connectivity index (χ2v) is 8.03. The molecule has 2 aromatic carbocycles. The molecule has 0 saturated carbocycles. The predicted molar refractivity (Wildman–Crippen MR) is 128 cm³/mol. The minimum Gasteiger partial charge on any atom is -0.506 e. The van der Waals surface area contributed by atoms with Gasteiger partial charge in [-0.1, -0.05) is 11.6 Å². The van der Waals surface area contributed by atoms with Crippen LogP contribution in [0.5, 0.6) is 5.75 Å². The molecule has 2 aromatic rings. The summed E-state index contributed by atoms with van der Waals surface area (Å²) in [4.78, 5) is 18.9. The number of phenolic OH excluding ortho intramolecular Hbond substituents is 1. The van der Waals surface area contributed by atoms with Gasteiger partial charge in [-0.15, -0.1) is 24.8 Å². The van der Waals surface area contributed by atoms with Crippen LogP contribution >= 0.6 is 36.4 Å². The van der Waals surface area contributed by atoms with E-state index in [9.17, 15) is 14.3 Å². The minimum absolute atomic E-state index is 0. The molecular formula is C22H27Cl3FN3O2. The van der Waals surface area contributed by atoms with Gasteiger partial charge in [-0.25, -0.2) is 4.39 Å². The number of amides is 1. The van der Waals surface area contributed by atoms with Crippen molar-refractivity contribution in [1.82, 2.24) is 4.90 Å². The lowest BCUT2D eigenvalue weighted by Gasteiger charge is -2.37. The third kappa shape index (κ3) is 5.68. The van der Waals surface area contributed by atoms with Crippen LogP contribution in [0.1, 0.15) is 29.6 Å². The molecular weight excluding hydrogens is 464 g/mol. The van der Waals surface area contributed by atoms with Gasteiger partial charge >= 0.3 is 0 Å². The largest absolute Gasteiger partial charge is 0.506 e. The summed E-state index contributed by atoms with van der Waals surface area (Å²) >= 11 is 6.04. The summed E-state index contributed by atoms with van der Waals surface area (Å²) in [7, 11) is 0. The monoisotopic (exact) mass is 489 g/mol. The number of piperazine rings is 1. The lowest BCUT2D eigenvalue weighted by molar-refractivity contribution is 0.0747. The number of nitrogens with zero attached hydrogens (tertiary/aromatic N) is 3. The number of phenols is 1. The standard InChI is InChI=1S/C22H25ClFN3O2.2ClH/c23-19-14-16(24)4-6-18(19)22(29)27-12-10-26(11-13-27)20-15-17(5-7-21(20)28)25-8-2-1-3-9-25;;/h4-7,14-15,28H,1-3,8-13H2;2*1H. The van der Waals surface area contributed by atoms with Crippen LogP contribution in [0, 0.1) is 5.82 Å². The van der Waals surface area contributed by atoms with Gasteiger partial charge < -0.3 is 19.8 Å². The summed E-state index contributed by atoms with van der Waals surface area (Å²) < 4.78 is 13.3. The van der Waals surface area contributed by atoms with Crippen molar-refractivity contribution in [2.45, 2.75) is 19.3 Å². The first-order valence-corrected chi connectivity index (χ1v) is 10.5. The minimum atomic E-state index is -0.458. The first-order chi connectivity index (χ1) is 14.0. The molecule has 0 aliphatic carbocycles. The molecule has 1 N–H and O–H groups in total. The highest BCUT2D eigenvalue weighted by atomic mass is 35.5. The molecule has 2 aliphatic rings. The van der Waals surface area contributed by atoms with Gasteiger partial charge in [0.05, 0.1) is 16.3 Å². The van der Waals surface area contributed by atoms with Gasteiger partial charge in [0, 0.05) is 45.0 Å². The van der Waals surface area contributed by atoms with Crippen LogP contribution in [0.3, 0.4) is 0 Å². The molecule has 1 amide bonds. The SMILES string of the molecule is Cl.Cl.O=C(c1ccc(F)cc1Cl)N1CCN(c2cc(N3CCCCC3)ccc2O)CC1. The van der Waals surface area contributed by atoms with Crippen molar-refractivity contribution in [2.75, 3.05) is 49.1 Å². The van der Waals surface area contributed by atoms with Crippen molar-refractivity contribution in [2.24, 2.45) is 0 Å². The third-order valence-corrected chi connectivity index (χ3v) is 6.06. The van der Waals surface area contributed by atoms with Crippen molar-refractivity contribution in [3.63, 3.8) is 0 Å². The van der Waals surface area contributed by atoms with E-state index in [0.29, 0.717) is 31.7 Å². The van der Waals surface area contributed by atoms with Gasteiger partial charge in [0.2, 0.25) is 0 Å². The van der Waals surface area contributed by atoms with Crippen molar-refractivity contribution < 1.29 is 14.3 Å². The first-order valence-electron chi connectivity index (χ1n) is 10.1. The Morgan fingerprint density at radius 2 is 1.55 bits per heavy atom. The van der Waals surface area contributed by atoms with Gasteiger partial charge in [-0.3, -0.25) is 4.79 Å². The molecule has 2 heterocycles. The van der Waals surface area contributed by atoms with Crippen LogP contribution in [0.4, 0.5) is 15.8 Å². The van der Waals surface area contributed by atoms with Crippen molar-refractivity contribution in [3.05, 3.63) is 52.8 Å². The Bertz CT molecular complexity index is 902. The van der Waals surface area contributed by atoms with E-state index in [0.717, 1.165) is 30.5 Å². The fourth-order valence-corrected chi connectivity index (χ4v) is 4.35. The van der Waals surface area contributed by atoms with E-state index in [1.54, 1.807) is 11.0 Å². The number of anilines is 2. The zero-order valence-corrected chi connectivity index (χ0v) is 19.5. The van der Waals surface area contributed by atoms with Gasteiger partial charge in [-0.05, 0) is 55.7 Å². The van der Waals surface area contributed by atoms with E-state index in [1.165, 1.54) is 31.4 Å². The highest BCUT2D eigenvalue weighted by Gasteiger charge is 2.25. The summed E-state index contributed by atoms with van der Waals surface area (Å²) in [6.07, 6.45) is 3.67. The summed E-state index contributed by atoms with van der Waals surface area (Å²) in [5, 5.41) is 10.5. The van der Waals surface area contributed by atoms with E-state index in [2.05, 4.69) is 15.9 Å². The van der Waals surface area contributed by atoms with Crippen LogP contribution in [0.15, 0.2) is 36.4 Å². The molecule has 0 spiro atoms. The molecule has 0 aromatic heterocycles. The molecule has 170 valence electrons. The number of carbonyl (C=O) groups excluding carboxylic acids is 1. The highest BCUT2D eigenvalue weighted by molar-refractivity contribution is 6.33. The van der Waals surface area contributed by atoms with Crippen LogP contribution in [0.2, 0.25) is 5.02 Å². The highest BCUT2D eigenvalue weighted by Crippen LogP contribution is 2.33. The lowest BCUT2D eigenvalue weighted by atomic mass is 10.1. The van der Waals surface area contributed by atoms with Crippen molar-refractivity contribution in [3.8, 4) is 5.75 Å². The van der Waals surface area contributed by atoms with Gasteiger partial charge in [0.1, 0.15) is 11.6 Å². The van der Waals surface area contributed by atoms with E-state index in [4.69, 9.17) is 11.6 Å². The second-order valence-electron chi connectivity index (χ2n) is 7.62. The maximum absolute atomic E-state index is 13.3. The van der Waals surface area contributed by atoms with Crippen LogP contribution in [-0.4, -0.2) is 55.2 Å². The molecule has 31 heavy (non-hydrogen) atoms. The molecule has 0 unspecified atom stereocenters. The van der Waals surface area contributed by atoms with Crippen molar-refractivity contribution >= 4 is 53.7 Å². The Kier molecular flexibility index (Phi) is 9.10. The van der Waals surface area contributed by atoms with E-state index in [-0.39, 0.29) is 41.5 Å². The fraction of sp³-hybridized carbons (Fsp3) is 0.409. The number of aromatic hydroxyl groups is 1. The van der Waals surface area contributed by atoms with Crippen molar-refractivity contribution in [1.29, 1.82) is 0 Å². The Morgan fingerprint density at radius 1 is 0.871 bits per heavy atom. The Balaban J connectivity index is 0.00000171. The molecule has 0 radical (unpaired) electrons. The molecule has 2 saturated heterocycles. The lowest BCUT2D eigenvalue weighted by Crippen LogP contribution is -2.49. The van der Waals surface area contributed by atoms with Gasteiger partial charge in [-0.2, -0.15) is 0 Å². The van der Waals surface area contributed by atoms with Gasteiger partial charge in [0.15, 0.2) is 0 Å². The maximum Gasteiger partial charge on any atom is 0.255 e. The quantitative estimate of drug-likeness (QED) is 0.659. The van der Waals surface area contributed by atoms with Crippen LogP contribution in [-0.2, 0) is 0 Å². The topological polar surface area (TPSA) is 47.0 Å². The average molecular weight is 491 g/mol. The zero-order valence-electron chi connectivity index (χ0n) is 17.1. The Morgan fingerprint density at radius 3 is 2.19 bits per heavy atom.